The molecule has 1 atom stereocenters. The van der Waals surface area contributed by atoms with Gasteiger partial charge in [-0.25, -0.2) is 10.8 Å². The molecule has 0 amide bonds. The minimum Gasteiger partial charge on any atom is -0.353 e. The molecule has 1 aliphatic heterocycles. The van der Waals surface area contributed by atoms with E-state index in [0.717, 1.165) is 24.7 Å². The van der Waals surface area contributed by atoms with Gasteiger partial charge in [0.2, 0.25) is 0 Å². The third-order valence-electron chi connectivity index (χ3n) is 2.69. The maximum absolute atomic E-state index is 5.33. The van der Waals surface area contributed by atoms with E-state index >= 15 is 0 Å². The van der Waals surface area contributed by atoms with Crippen molar-refractivity contribution < 1.29 is 0 Å². The number of anilines is 2. The van der Waals surface area contributed by atoms with Crippen LogP contribution in [-0.2, 0) is 0 Å². The molecule has 5 nitrogen and oxygen atoms in total. The number of hydrogen-bond acceptors (Lipinski definition) is 6. The van der Waals surface area contributed by atoms with Crippen molar-refractivity contribution >= 4 is 23.4 Å². The topological polar surface area (TPSA) is 67.1 Å². The van der Waals surface area contributed by atoms with E-state index in [1.165, 1.54) is 6.42 Å². The Balaban J connectivity index is 2.10. The Kier molecular flexibility index (Phi) is 3.84. The van der Waals surface area contributed by atoms with Crippen LogP contribution in [-0.4, -0.2) is 34.1 Å². The first-order chi connectivity index (χ1) is 7.83. The second-order valence-corrected chi connectivity index (χ2v) is 5.16. The average Bonchev–Trinajstić information content (AvgIpc) is 2.39. The normalized spacial score (nSPS) is 20.9. The van der Waals surface area contributed by atoms with Crippen LogP contribution in [0.25, 0.3) is 0 Å². The molecule has 16 heavy (non-hydrogen) atoms. The molecule has 0 bridgehead atoms. The Hall–Kier alpha value is -1.01. The summed E-state index contributed by atoms with van der Waals surface area (Å²) in [7, 11) is 0. The first kappa shape index (κ1) is 11.5. The van der Waals surface area contributed by atoms with Crippen molar-refractivity contribution in [2.75, 3.05) is 29.2 Å². The molecular weight excluding hydrogens is 222 g/mol. The van der Waals surface area contributed by atoms with E-state index in [1.807, 2.05) is 11.8 Å². The molecule has 0 aromatic carbocycles. The van der Waals surface area contributed by atoms with Gasteiger partial charge in [-0.15, -0.1) is 0 Å². The van der Waals surface area contributed by atoms with E-state index in [0.29, 0.717) is 11.1 Å². The van der Waals surface area contributed by atoms with Crippen LogP contribution in [0.5, 0.6) is 0 Å². The minimum atomic E-state index is 0.615. The number of nitrogens with zero attached hydrogens (tertiary/aromatic N) is 3. The van der Waals surface area contributed by atoms with Gasteiger partial charge in [-0.2, -0.15) is 11.8 Å². The zero-order valence-corrected chi connectivity index (χ0v) is 10.2. The van der Waals surface area contributed by atoms with Gasteiger partial charge in [-0.1, -0.05) is 6.92 Å². The summed E-state index contributed by atoms with van der Waals surface area (Å²) in [6, 6.07) is 0. The summed E-state index contributed by atoms with van der Waals surface area (Å²) in [5.41, 5.74) is 2.53. The molecule has 0 spiro atoms. The van der Waals surface area contributed by atoms with Crippen LogP contribution in [0.3, 0.4) is 0 Å². The van der Waals surface area contributed by atoms with E-state index in [-0.39, 0.29) is 0 Å². The van der Waals surface area contributed by atoms with Gasteiger partial charge in [0.25, 0.3) is 0 Å². The Bertz CT molecular complexity index is 346. The number of nitrogens with two attached hydrogens (primary N) is 1. The van der Waals surface area contributed by atoms with Crippen molar-refractivity contribution in [2.24, 2.45) is 5.84 Å². The number of hydrazine groups is 1. The van der Waals surface area contributed by atoms with Gasteiger partial charge in [0.05, 0.1) is 12.4 Å². The molecular formula is C10H17N5S. The third kappa shape index (κ3) is 2.56. The lowest BCUT2D eigenvalue weighted by Gasteiger charge is -2.32. The zero-order valence-electron chi connectivity index (χ0n) is 9.39. The maximum atomic E-state index is 5.33. The molecule has 6 heteroatoms. The van der Waals surface area contributed by atoms with Gasteiger partial charge in [0.15, 0.2) is 5.82 Å². The van der Waals surface area contributed by atoms with Crippen LogP contribution in [0.2, 0.25) is 0 Å². The van der Waals surface area contributed by atoms with E-state index in [4.69, 9.17) is 5.84 Å². The molecule has 0 aliphatic carbocycles. The molecule has 88 valence electrons. The van der Waals surface area contributed by atoms with Crippen molar-refractivity contribution in [2.45, 2.75) is 18.6 Å². The summed E-state index contributed by atoms with van der Waals surface area (Å²) in [6.07, 6.45) is 4.62. The first-order valence-corrected chi connectivity index (χ1v) is 6.53. The van der Waals surface area contributed by atoms with Gasteiger partial charge in [0.1, 0.15) is 5.82 Å². The van der Waals surface area contributed by atoms with Gasteiger partial charge in [-0.3, -0.25) is 4.98 Å². The fourth-order valence-electron chi connectivity index (χ4n) is 1.75. The van der Waals surface area contributed by atoms with Crippen molar-refractivity contribution in [3.8, 4) is 0 Å². The number of rotatable bonds is 3. The Morgan fingerprint density at radius 3 is 3.25 bits per heavy atom. The summed E-state index contributed by atoms with van der Waals surface area (Å²) in [5, 5.41) is 0.699. The molecule has 0 saturated carbocycles. The van der Waals surface area contributed by atoms with E-state index in [1.54, 1.807) is 12.4 Å². The number of nitrogens with one attached hydrogen (secondary N) is 1. The minimum absolute atomic E-state index is 0.615. The first-order valence-electron chi connectivity index (χ1n) is 5.48. The van der Waals surface area contributed by atoms with Crippen LogP contribution in [0.15, 0.2) is 12.4 Å². The SMILES string of the molecule is CCC1CN(c2cncc(NN)n2)CCS1. The van der Waals surface area contributed by atoms with Crippen molar-refractivity contribution in [1.29, 1.82) is 0 Å². The highest BCUT2D eigenvalue weighted by Crippen LogP contribution is 2.24. The predicted molar refractivity (Wildman–Crippen MR) is 68.6 cm³/mol. The largest absolute Gasteiger partial charge is 0.353 e. The average molecular weight is 239 g/mol. The number of thioether (sulfide) groups is 1. The molecule has 1 aliphatic rings. The fraction of sp³-hybridized carbons (Fsp3) is 0.600. The maximum Gasteiger partial charge on any atom is 0.160 e. The summed E-state index contributed by atoms with van der Waals surface area (Å²) >= 11 is 2.04. The second-order valence-electron chi connectivity index (χ2n) is 3.75. The van der Waals surface area contributed by atoms with Gasteiger partial charge in [0, 0.05) is 24.1 Å². The highest BCUT2D eigenvalue weighted by Gasteiger charge is 2.20. The van der Waals surface area contributed by atoms with Crippen molar-refractivity contribution in [3.05, 3.63) is 12.4 Å². The molecule has 1 fully saturated rings. The Morgan fingerprint density at radius 2 is 2.50 bits per heavy atom. The predicted octanol–water partition coefficient (Wildman–Crippen LogP) is 1.09. The lowest BCUT2D eigenvalue weighted by molar-refractivity contribution is 0.718. The monoisotopic (exact) mass is 239 g/mol. The molecule has 0 radical (unpaired) electrons. The number of nitrogen functional groups attached to an aromatic ring is 1. The van der Waals surface area contributed by atoms with Crippen LogP contribution in [0, 0.1) is 0 Å². The summed E-state index contributed by atoms with van der Waals surface area (Å²) in [6.45, 7) is 4.30. The molecule has 3 N–H and O–H groups in total. The van der Waals surface area contributed by atoms with Crippen LogP contribution in [0.4, 0.5) is 11.6 Å². The third-order valence-corrected chi connectivity index (χ3v) is 4.06. The fourth-order valence-corrected chi connectivity index (χ4v) is 2.93. The molecule has 1 aromatic heterocycles. The standard InChI is InChI=1S/C10H17N5S/c1-2-8-7-15(3-4-16-8)10-6-12-5-9(13-10)14-11/h5-6,8H,2-4,7,11H2,1H3,(H,13,14). The smallest absolute Gasteiger partial charge is 0.160 e. The molecule has 2 rings (SSSR count). The zero-order chi connectivity index (χ0) is 11.4. The summed E-state index contributed by atoms with van der Waals surface area (Å²) < 4.78 is 0. The molecule has 1 saturated heterocycles. The van der Waals surface area contributed by atoms with Crippen molar-refractivity contribution in [1.82, 2.24) is 9.97 Å². The van der Waals surface area contributed by atoms with E-state index in [2.05, 4.69) is 27.2 Å². The highest BCUT2D eigenvalue weighted by molar-refractivity contribution is 8.00. The molecule has 1 aromatic rings. The lowest BCUT2D eigenvalue weighted by atomic mass is 10.3. The number of hydrogen-bond donors (Lipinski definition) is 2. The van der Waals surface area contributed by atoms with Gasteiger partial charge >= 0.3 is 0 Å². The van der Waals surface area contributed by atoms with Crippen LogP contribution < -0.4 is 16.2 Å². The molecule has 2 heterocycles. The van der Waals surface area contributed by atoms with E-state index in [9.17, 15) is 0 Å². The summed E-state index contributed by atoms with van der Waals surface area (Å²) in [5.74, 6) is 8.01. The van der Waals surface area contributed by atoms with Crippen LogP contribution >= 0.6 is 11.8 Å². The van der Waals surface area contributed by atoms with E-state index < -0.39 is 0 Å². The number of aromatic nitrogens is 2. The lowest BCUT2D eigenvalue weighted by Crippen LogP contribution is -2.38. The Labute approximate surface area is 99.8 Å². The second kappa shape index (κ2) is 5.36. The summed E-state index contributed by atoms with van der Waals surface area (Å²) in [4.78, 5) is 10.8. The van der Waals surface area contributed by atoms with Crippen LogP contribution in [0.1, 0.15) is 13.3 Å². The highest BCUT2D eigenvalue weighted by atomic mass is 32.2. The van der Waals surface area contributed by atoms with Crippen molar-refractivity contribution in [3.63, 3.8) is 0 Å². The quantitative estimate of drug-likeness (QED) is 0.608. The van der Waals surface area contributed by atoms with Gasteiger partial charge in [-0.05, 0) is 6.42 Å². The Morgan fingerprint density at radius 1 is 1.62 bits per heavy atom. The molecule has 1 unspecified atom stereocenters. The van der Waals surface area contributed by atoms with Gasteiger partial charge < -0.3 is 10.3 Å².